The first-order valence-corrected chi connectivity index (χ1v) is 6.40. The summed E-state index contributed by atoms with van der Waals surface area (Å²) in [6, 6.07) is 0. The van der Waals surface area contributed by atoms with Gasteiger partial charge in [-0.15, -0.1) is 0 Å². The molecule has 0 amide bonds. The lowest BCUT2D eigenvalue weighted by molar-refractivity contribution is -0.144. The Kier molecular flexibility index (Phi) is 5.70. The lowest BCUT2D eigenvalue weighted by Gasteiger charge is -2.05. The third kappa shape index (κ3) is 4.06. The van der Waals surface area contributed by atoms with Crippen LogP contribution in [0.3, 0.4) is 0 Å². The maximum absolute atomic E-state index is 11.3. The molecule has 0 aliphatic carbocycles. The van der Waals surface area contributed by atoms with Gasteiger partial charge in [-0.05, 0) is 6.92 Å². The van der Waals surface area contributed by atoms with Crippen molar-refractivity contribution in [2.45, 2.75) is 19.1 Å². The van der Waals surface area contributed by atoms with Gasteiger partial charge >= 0.3 is 11.9 Å². The van der Waals surface area contributed by atoms with E-state index in [1.54, 1.807) is 13.8 Å². The number of carbonyl (C=O) groups is 2. The Bertz CT molecular complexity index is 417. The van der Waals surface area contributed by atoms with Gasteiger partial charge in [0.1, 0.15) is 6.26 Å². The minimum Gasteiger partial charge on any atom is -0.469 e. The minimum atomic E-state index is -0.519. The van der Waals surface area contributed by atoms with Crippen LogP contribution in [0.4, 0.5) is 0 Å². The van der Waals surface area contributed by atoms with Gasteiger partial charge in [-0.1, -0.05) is 18.7 Å². The molecule has 0 aliphatic rings. The molecular weight excluding hydrogens is 258 g/mol. The lowest BCUT2D eigenvalue weighted by Crippen LogP contribution is -2.14. The van der Waals surface area contributed by atoms with Crippen LogP contribution >= 0.6 is 11.8 Å². The molecule has 0 radical (unpaired) electrons. The molecule has 0 saturated heterocycles. The first-order chi connectivity index (χ1) is 8.58. The highest BCUT2D eigenvalue weighted by Crippen LogP contribution is 2.20. The van der Waals surface area contributed by atoms with Crippen molar-refractivity contribution in [3.05, 3.63) is 12.0 Å². The predicted octanol–water partition coefficient (Wildman–Crippen LogP) is 1.75. The first-order valence-electron chi connectivity index (χ1n) is 5.41. The van der Waals surface area contributed by atoms with Crippen LogP contribution in [0.2, 0.25) is 0 Å². The van der Waals surface area contributed by atoms with Crippen molar-refractivity contribution in [2.24, 2.45) is 5.92 Å². The fraction of sp³-hybridized carbons (Fsp3) is 0.545. The van der Waals surface area contributed by atoms with Crippen molar-refractivity contribution in [1.82, 2.24) is 4.98 Å². The Labute approximate surface area is 109 Å². The molecule has 0 saturated carbocycles. The highest BCUT2D eigenvalue weighted by Gasteiger charge is 2.17. The number of methoxy groups -OCH3 is 1. The van der Waals surface area contributed by atoms with Crippen LogP contribution in [0.1, 0.15) is 24.3 Å². The van der Waals surface area contributed by atoms with Gasteiger partial charge in [0.05, 0.1) is 19.6 Å². The van der Waals surface area contributed by atoms with Crippen molar-refractivity contribution >= 4 is 23.7 Å². The summed E-state index contributed by atoms with van der Waals surface area (Å²) >= 11 is 1.24. The average Bonchev–Trinajstić information content (AvgIpc) is 2.84. The van der Waals surface area contributed by atoms with Gasteiger partial charge in [-0.3, -0.25) is 4.79 Å². The van der Waals surface area contributed by atoms with E-state index in [9.17, 15) is 9.59 Å². The standard InChI is InChI=1S/C11H15NO5S/c1-4-16-10(14)8-5-17-11(12-8)18-6-7(2)9(13)15-3/h5,7H,4,6H2,1-3H3. The van der Waals surface area contributed by atoms with Crippen molar-refractivity contribution in [3.63, 3.8) is 0 Å². The molecule has 1 rings (SSSR count). The number of carbonyl (C=O) groups excluding carboxylic acids is 2. The summed E-state index contributed by atoms with van der Waals surface area (Å²) < 4.78 is 14.5. The second-order valence-electron chi connectivity index (χ2n) is 3.45. The Hall–Kier alpha value is -1.50. The number of aromatic nitrogens is 1. The molecule has 7 heteroatoms. The van der Waals surface area contributed by atoms with Crippen molar-refractivity contribution < 1.29 is 23.5 Å². The molecule has 1 heterocycles. The van der Waals surface area contributed by atoms with Gasteiger partial charge in [0.25, 0.3) is 5.22 Å². The molecule has 0 spiro atoms. The van der Waals surface area contributed by atoms with Crippen LogP contribution in [-0.2, 0) is 14.3 Å². The van der Waals surface area contributed by atoms with Crippen LogP contribution in [0, 0.1) is 5.92 Å². The number of ether oxygens (including phenoxy) is 2. The highest BCUT2D eigenvalue weighted by atomic mass is 32.2. The monoisotopic (exact) mass is 273 g/mol. The summed E-state index contributed by atoms with van der Waals surface area (Å²) in [5.41, 5.74) is 0.130. The zero-order valence-corrected chi connectivity index (χ0v) is 11.3. The predicted molar refractivity (Wildman–Crippen MR) is 64.4 cm³/mol. The zero-order chi connectivity index (χ0) is 13.5. The van der Waals surface area contributed by atoms with Gasteiger partial charge in [-0.2, -0.15) is 4.98 Å². The minimum absolute atomic E-state index is 0.130. The third-order valence-electron chi connectivity index (χ3n) is 2.03. The van der Waals surface area contributed by atoms with E-state index in [2.05, 4.69) is 9.72 Å². The Morgan fingerprint density at radius 2 is 2.28 bits per heavy atom. The molecule has 1 atom stereocenters. The van der Waals surface area contributed by atoms with Crippen molar-refractivity contribution in [3.8, 4) is 0 Å². The number of hydrogen-bond donors (Lipinski definition) is 0. The van der Waals surface area contributed by atoms with Gasteiger partial charge in [0, 0.05) is 5.75 Å². The SMILES string of the molecule is CCOC(=O)c1coc(SCC(C)C(=O)OC)n1. The fourth-order valence-electron chi connectivity index (χ4n) is 1.09. The van der Waals surface area contributed by atoms with E-state index in [1.165, 1.54) is 25.1 Å². The van der Waals surface area contributed by atoms with Gasteiger partial charge in [0.15, 0.2) is 5.69 Å². The second kappa shape index (κ2) is 7.05. The topological polar surface area (TPSA) is 78.6 Å². The summed E-state index contributed by atoms with van der Waals surface area (Å²) in [7, 11) is 1.34. The van der Waals surface area contributed by atoms with E-state index in [4.69, 9.17) is 9.15 Å². The summed E-state index contributed by atoms with van der Waals surface area (Å²) in [6.45, 7) is 3.74. The molecular formula is C11H15NO5S. The fourth-order valence-corrected chi connectivity index (χ4v) is 1.90. The molecule has 0 fully saturated rings. The number of rotatable bonds is 6. The van der Waals surface area contributed by atoms with Gasteiger partial charge in [0.2, 0.25) is 0 Å². The molecule has 6 nitrogen and oxygen atoms in total. The third-order valence-corrected chi connectivity index (χ3v) is 3.13. The Morgan fingerprint density at radius 1 is 1.56 bits per heavy atom. The lowest BCUT2D eigenvalue weighted by atomic mass is 10.2. The number of hydrogen-bond acceptors (Lipinski definition) is 7. The summed E-state index contributed by atoms with van der Waals surface area (Å²) in [5.74, 6) is -0.609. The first kappa shape index (κ1) is 14.6. The maximum Gasteiger partial charge on any atom is 0.360 e. The van der Waals surface area contributed by atoms with Crippen LogP contribution < -0.4 is 0 Å². The molecule has 1 aromatic rings. The van der Waals surface area contributed by atoms with Crippen molar-refractivity contribution in [2.75, 3.05) is 19.5 Å². The van der Waals surface area contributed by atoms with E-state index in [1.807, 2.05) is 0 Å². The van der Waals surface area contributed by atoms with E-state index in [0.29, 0.717) is 11.0 Å². The van der Waals surface area contributed by atoms with E-state index >= 15 is 0 Å². The number of nitrogens with zero attached hydrogens (tertiary/aromatic N) is 1. The quantitative estimate of drug-likeness (QED) is 0.577. The molecule has 1 unspecified atom stereocenters. The Balaban J connectivity index is 2.49. The number of thioether (sulfide) groups is 1. The van der Waals surface area contributed by atoms with Crippen LogP contribution in [-0.4, -0.2) is 36.4 Å². The zero-order valence-electron chi connectivity index (χ0n) is 10.5. The molecule has 100 valence electrons. The normalized spacial score (nSPS) is 11.9. The van der Waals surface area contributed by atoms with Crippen molar-refractivity contribution in [1.29, 1.82) is 0 Å². The molecule has 18 heavy (non-hydrogen) atoms. The molecule has 0 aliphatic heterocycles. The van der Waals surface area contributed by atoms with E-state index in [-0.39, 0.29) is 24.2 Å². The van der Waals surface area contributed by atoms with Crippen LogP contribution in [0.25, 0.3) is 0 Å². The van der Waals surface area contributed by atoms with E-state index in [0.717, 1.165) is 0 Å². The molecule has 0 N–H and O–H groups in total. The highest BCUT2D eigenvalue weighted by molar-refractivity contribution is 7.99. The molecule has 0 bridgehead atoms. The van der Waals surface area contributed by atoms with Gasteiger partial charge < -0.3 is 13.9 Å². The number of esters is 2. The van der Waals surface area contributed by atoms with E-state index < -0.39 is 5.97 Å². The average molecular weight is 273 g/mol. The summed E-state index contributed by atoms with van der Waals surface area (Å²) in [6.07, 6.45) is 1.24. The van der Waals surface area contributed by atoms with Crippen LogP contribution in [0.5, 0.6) is 0 Å². The van der Waals surface area contributed by atoms with Gasteiger partial charge in [-0.25, -0.2) is 4.79 Å². The summed E-state index contributed by atoms with van der Waals surface area (Å²) in [5, 5.41) is 0.328. The second-order valence-corrected chi connectivity index (χ2v) is 4.43. The summed E-state index contributed by atoms with van der Waals surface area (Å²) in [4.78, 5) is 26.4. The molecule has 0 aromatic carbocycles. The number of oxazole rings is 1. The maximum atomic E-state index is 11.3. The van der Waals surface area contributed by atoms with Crippen LogP contribution in [0.15, 0.2) is 15.9 Å². The smallest absolute Gasteiger partial charge is 0.360 e. The Morgan fingerprint density at radius 3 is 2.89 bits per heavy atom. The molecule has 1 aromatic heterocycles. The largest absolute Gasteiger partial charge is 0.469 e.